The van der Waals surface area contributed by atoms with Gasteiger partial charge in [0.15, 0.2) is 11.5 Å². The molecule has 3 aliphatic rings. The molecule has 0 saturated heterocycles. The molecule has 0 spiro atoms. The number of carbonyl (C=O) groups is 2. The number of pyridine rings is 1. The van der Waals surface area contributed by atoms with Crippen LogP contribution in [0.15, 0.2) is 72.8 Å². The summed E-state index contributed by atoms with van der Waals surface area (Å²) in [5.41, 5.74) is 2.21. The van der Waals surface area contributed by atoms with E-state index in [1.807, 2.05) is 36.4 Å². The maximum atomic E-state index is 13.8. The summed E-state index contributed by atoms with van der Waals surface area (Å²) in [4.78, 5) is 33.3. The number of aromatic nitrogens is 1. The minimum Gasteiger partial charge on any atom is -0.490 e. The molecule has 1 aromatic heterocycles. The van der Waals surface area contributed by atoms with Crippen molar-refractivity contribution < 1.29 is 19.1 Å². The first-order valence-corrected chi connectivity index (χ1v) is 11.6. The first kappa shape index (κ1) is 21.4. The van der Waals surface area contributed by atoms with E-state index in [9.17, 15) is 9.59 Å². The van der Waals surface area contributed by atoms with Gasteiger partial charge in [0.05, 0.1) is 17.5 Å². The van der Waals surface area contributed by atoms with Crippen molar-refractivity contribution in [1.29, 1.82) is 0 Å². The van der Waals surface area contributed by atoms with Crippen molar-refractivity contribution in [2.45, 2.75) is 44.9 Å². The van der Waals surface area contributed by atoms with E-state index in [0.717, 1.165) is 30.4 Å². The summed E-state index contributed by atoms with van der Waals surface area (Å²) in [5, 5.41) is 0. The number of ketones is 1. The number of hydrogen-bond donors (Lipinski definition) is 0. The Hall–Kier alpha value is -3.41. The highest BCUT2D eigenvalue weighted by Gasteiger charge is 2.52. The zero-order valence-corrected chi connectivity index (χ0v) is 18.8. The van der Waals surface area contributed by atoms with E-state index in [2.05, 4.69) is 18.5 Å². The minimum absolute atomic E-state index is 0.0530. The fourth-order valence-electron chi connectivity index (χ4n) is 5.25. The van der Waals surface area contributed by atoms with Crippen molar-refractivity contribution in [3.63, 3.8) is 0 Å². The van der Waals surface area contributed by atoms with Crippen molar-refractivity contribution in [1.82, 2.24) is 9.88 Å². The standard InChI is InChI=1S/C27H28N2O4/c1-3-12-32-20-8-4-7-19(14-20)24-23-25(30)21-13-17(2)9-10-22(21)33-26(23)27(31)29(24)16-18-6-5-11-28-15-18/h3-8,11,14-15,17,21-22,24H,1,9-10,12-13,16H2,2H3. The summed E-state index contributed by atoms with van der Waals surface area (Å²) < 4.78 is 12.0. The Balaban J connectivity index is 1.56. The molecule has 4 unspecified atom stereocenters. The number of fused-ring (bicyclic) bond motifs is 1. The first-order chi connectivity index (χ1) is 16.1. The summed E-state index contributed by atoms with van der Waals surface area (Å²) in [5.74, 6) is 0.990. The number of ether oxygens (including phenoxy) is 2. The Morgan fingerprint density at radius 1 is 1.24 bits per heavy atom. The van der Waals surface area contributed by atoms with Crippen LogP contribution in [0.25, 0.3) is 0 Å². The van der Waals surface area contributed by atoms with Gasteiger partial charge < -0.3 is 14.4 Å². The normalized spacial score (nSPS) is 26.5. The molecular formula is C27H28N2O4. The second kappa shape index (κ2) is 8.85. The predicted octanol–water partition coefficient (Wildman–Crippen LogP) is 4.39. The molecule has 1 saturated carbocycles. The Kier molecular flexibility index (Phi) is 5.75. The highest BCUT2D eigenvalue weighted by Crippen LogP contribution is 2.48. The molecule has 3 heterocycles. The van der Waals surface area contributed by atoms with Crippen molar-refractivity contribution in [3.8, 4) is 5.75 Å². The average molecular weight is 445 g/mol. The molecule has 6 nitrogen and oxygen atoms in total. The van der Waals surface area contributed by atoms with Crippen molar-refractivity contribution >= 4 is 11.7 Å². The fraction of sp³-hybridized carbons (Fsp3) is 0.370. The Morgan fingerprint density at radius 2 is 2.12 bits per heavy atom. The van der Waals surface area contributed by atoms with Crippen LogP contribution in [0, 0.1) is 11.8 Å². The molecule has 170 valence electrons. The van der Waals surface area contributed by atoms with Gasteiger partial charge in [-0.3, -0.25) is 14.6 Å². The molecule has 0 bridgehead atoms. The zero-order chi connectivity index (χ0) is 22.9. The van der Waals surface area contributed by atoms with E-state index in [1.54, 1.807) is 23.4 Å². The van der Waals surface area contributed by atoms with Gasteiger partial charge in [-0.2, -0.15) is 0 Å². The van der Waals surface area contributed by atoms with Crippen LogP contribution < -0.4 is 4.74 Å². The molecule has 0 radical (unpaired) electrons. The number of nitrogens with zero attached hydrogens (tertiary/aromatic N) is 2. The highest BCUT2D eigenvalue weighted by molar-refractivity contribution is 6.11. The number of amides is 1. The quantitative estimate of drug-likeness (QED) is 0.618. The molecule has 5 rings (SSSR count). The SMILES string of the molecule is C=CCOc1cccc(C2C3=C(OC4CCC(C)CC4C3=O)C(=O)N2Cc2cccnc2)c1. The summed E-state index contributed by atoms with van der Waals surface area (Å²) >= 11 is 0. The lowest BCUT2D eigenvalue weighted by atomic mass is 9.74. The van der Waals surface area contributed by atoms with Crippen LogP contribution in [0.5, 0.6) is 5.75 Å². The van der Waals surface area contributed by atoms with Gasteiger partial charge in [0, 0.05) is 18.9 Å². The van der Waals surface area contributed by atoms with Crippen LogP contribution in [0.3, 0.4) is 0 Å². The second-order valence-corrected chi connectivity index (χ2v) is 9.16. The average Bonchev–Trinajstić information content (AvgIpc) is 3.11. The number of benzene rings is 1. The Labute approximate surface area is 193 Å². The van der Waals surface area contributed by atoms with E-state index >= 15 is 0 Å². The topological polar surface area (TPSA) is 68.7 Å². The molecule has 6 heteroatoms. The van der Waals surface area contributed by atoms with Crippen LogP contribution in [0.4, 0.5) is 0 Å². The summed E-state index contributed by atoms with van der Waals surface area (Å²) in [6.45, 7) is 6.60. The van der Waals surface area contributed by atoms with Gasteiger partial charge in [-0.15, -0.1) is 0 Å². The molecule has 1 fully saturated rings. The first-order valence-electron chi connectivity index (χ1n) is 11.6. The molecule has 1 amide bonds. The largest absolute Gasteiger partial charge is 0.490 e. The highest BCUT2D eigenvalue weighted by atomic mass is 16.5. The molecule has 2 aromatic rings. The van der Waals surface area contributed by atoms with Crippen LogP contribution in [0.1, 0.15) is 43.4 Å². The van der Waals surface area contributed by atoms with Gasteiger partial charge in [0.1, 0.15) is 18.5 Å². The van der Waals surface area contributed by atoms with Gasteiger partial charge >= 0.3 is 0 Å². The molecule has 1 aliphatic carbocycles. The molecule has 33 heavy (non-hydrogen) atoms. The number of rotatable bonds is 6. The van der Waals surface area contributed by atoms with Crippen LogP contribution in [-0.2, 0) is 20.9 Å². The zero-order valence-electron chi connectivity index (χ0n) is 18.8. The van der Waals surface area contributed by atoms with Gasteiger partial charge in [-0.1, -0.05) is 37.8 Å². The number of carbonyl (C=O) groups excluding carboxylic acids is 2. The monoisotopic (exact) mass is 444 g/mol. The lowest BCUT2D eigenvalue weighted by Crippen LogP contribution is -2.41. The molecule has 2 aliphatic heterocycles. The smallest absolute Gasteiger partial charge is 0.290 e. The predicted molar refractivity (Wildman–Crippen MR) is 123 cm³/mol. The van der Waals surface area contributed by atoms with Gasteiger partial charge in [-0.05, 0) is 54.5 Å². The van der Waals surface area contributed by atoms with E-state index < -0.39 is 6.04 Å². The van der Waals surface area contributed by atoms with Gasteiger partial charge in [-0.25, -0.2) is 0 Å². The van der Waals surface area contributed by atoms with E-state index in [4.69, 9.17) is 9.47 Å². The third-order valence-corrected chi connectivity index (χ3v) is 6.82. The van der Waals surface area contributed by atoms with Crippen LogP contribution in [0.2, 0.25) is 0 Å². The summed E-state index contributed by atoms with van der Waals surface area (Å²) in [7, 11) is 0. The number of Topliss-reactive ketones (excluding diaryl/α,β-unsaturated/α-hetero) is 1. The van der Waals surface area contributed by atoms with E-state index in [1.165, 1.54) is 0 Å². The lowest BCUT2D eigenvalue weighted by molar-refractivity contribution is -0.136. The third kappa shape index (κ3) is 3.94. The maximum absolute atomic E-state index is 13.8. The van der Waals surface area contributed by atoms with E-state index in [0.29, 0.717) is 30.4 Å². The Bertz CT molecular complexity index is 1110. The van der Waals surface area contributed by atoms with Crippen LogP contribution in [-0.4, -0.2) is 34.3 Å². The molecule has 0 N–H and O–H groups in total. The number of hydrogen-bond acceptors (Lipinski definition) is 5. The van der Waals surface area contributed by atoms with Crippen molar-refractivity contribution in [2.75, 3.05) is 6.61 Å². The summed E-state index contributed by atoms with van der Waals surface area (Å²) in [6.07, 6.45) is 7.54. The molecular weight excluding hydrogens is 416 g/mol. The maximum Gasteiger partial charge on any atom is 0.290 e. The summed E-state index contributed by atoms with van der Waals surface area (Å²) in [6, 6.07) is 10.8. The Morgan fingerprint density at radius 3 is 2.91 bits per heavy atom. The van der Waals surface area contributed by atoms with Gasteiger partial charge in [0.25, 0.3) is 5.91 Å². The molecule has 1 aromatic carbocycles. The third-order valence-electron chi connectivity index (χ3n) is 6.82. The van der Waals surface area contributed by atoms with Crippen molar-refractivity contribution in [3.05, 3.63) is 83.9 Å². The van der Waals surface area contributed by atoms with Crippen molar-refractivity contribution in [2.24, 2.45) is 11.8 Å². The van der Waals surface area contributed by atoms with Gasteiger partial charge in [0.2, 0.25) is 0 Å². The van der Waals surface area contributed by atoms with Crippen LogP contribution >= 0.6 is 0 Å². The minimum atomic E-state index is -0.523. The second-order valence-electron chi connectivity index (χ2n) is 9.16. The lowest BCUT2D eigenvalue weighted by Gasteiger charge is -2.37. The molecule has 4 atom stereocenters. The van der Waals surface area contributed by atoms with E-state index in [-0.39, 0.29) is 29.5 Å². The fourth-order valence-corrected chi connectivity index (χ4v) is 5.25.